The number of nitrogens with one attached hydrogen (secondary N) is 1. The zero-order valence-corrected chi connectivity index (χ0v) is 10.7. The summed E-state index contributed by atoms with van der Waals surface area (Å²) in [5.41, 5.74) is 0.476. The maximum Gasteiger partial charge on any atom is 0.146 e. The Bertz CT molecular complexity index is 342. The second-order valence-electron chi connectivity index (χ2n) is 4.40. The summed E-state index contributed by atoms with van der Waals surface area (Å²) in [6, 6.07) is 1.56. The first-order valence-corrected chi connectivity index (χ1v) is 5.88. The molecule has 1 N–H and O–H groups in total. The van der Waals surface area contributed by atoms with Gasteiger partial charge in [0.15, 0.2) is 0 Å². The molecule has 1 atom stereocenters. The van der Waals surface area contributed by atoms with Gasteiger partial charge in [-0.2, -0.15) is 0 Å². The minimum Gasteiger partial charge on any atom is -0.317 e. The molecule has 1 aromatic heterocycles. The van der Waals surface area contributed by atoms with E-state index in [9.17, 15) is 4.39 Å². The predicted octanol–water partition coefficient (Wildman–Crippen LogP) is 3.05. The largest absolute Gasteiger partial charge is 0.317 e. The number of halogens is 2. The van der Waals surface area contributed by atoms with Crippen LogP contribution in [0.4, 0.5) is 4.39 Å². The summed E-state index contributed by atoms with van der Waals surface area (Å²) in [6.45, 7) is 4.30. The minimum absolute atomic E-state index is 0.253. The molecule has 0 spiro atoms. The van der Waals surface area contributed by atoms with Crippen molar-refractivity contribution in [1.82, 2.24) is 10.3 Å². The molecule has 4 heteroatoms. The van der Waals surface area contributed by atoms with Crippen LogP contribution in [0.1, 0.15) is 26.0 Å². The summed E-state index contributed by atoms with van der Waals surface area (Å²) in [5, 5.41) is 3.52. The number of hydrogen-bond donors (Lipinski definition) is 1. The van der Waals surface area contributed by atoms with Gasteiger partial charge in [0.1, 0.15) is 5.82 Å². The van der Waals surface area contributed by atoms with Crippen molar-refractivity contribution >= 4 is 11.6 Å². The molecule has 0 saturated heterocycles. The van der Waals surface area contributed by atoms with Gasteiger partial charge in [0.2, 0.25) is 0 Å². The molecule has 0 aliphatic carbocycles. The van der Waals surface area contributed by atoms with E-state index in [0.29, 0.717) is 23.1 Å². The number of aromatic nitrogens is 1. The van der Waals surface area contributed by atoms with Gasteiger partial charge in [-0.15, -0.1) is 0 Å². The summed E-state index contributed by atoms with van der Waals surface area (Å²) in [6.07, 6.45) is 3.08. The van der Waals surface area contributed by atoms with Crippen LogP contribution in [-0.2, 0) is 6.42 Å². The lowest BCUT2D eigenvalue weighted by Crippen LogP contribution is -2.29. The van der Waals surface area contributed by atoms with Crippen LogP contribution in [0.3, 0.4) is 0 Å². The molecule has 1 unspecified atom stereocenters. The van der Waals surface area contributed by atoms with E-state index in [-0.39, 0.29) is 11.9 Å². The van der Waals surface area contributed by atoms with Crippen molar-refractivity contribution in [3.8, 4) is 0 Å². The van der Waals surface area contributed by atoms with Crippen molar-refractivity contribution in [2.45, 2.75) is 32.7 Å². The summed E-state index contributed by atoms with van der Waals surface area (Å²) in [5.74, 6) is 0.254. The summed E-state index contributed by atoms with van der Waals surface area (Å²) in [7, 11) is 1.89. The Morgan fingerprint density at radius 3 is 2.69 bits per heavy atom. The molecule has 0 aromatic carbocycles. The zero-order chi connectivity index (χ0) is 12.1. The van der Waals surface area contributed by atoms with Crippen molar-refractivity contribution in [3.05, 3.63) is 28.8 Å². The summed E-state index contributed by atoms with van der Waals surface area (Å²) < 4.78 is 13.5. The number of hydrogen-bond acceptors (Lipinski definition) is 2. The van der Waals surface area contributed by atoms with Gasteiger partial charge in [0.25, 0.3) is 0 Å². The molecule has 0 radical (unpaired) electrons. The standard InChI is InChI=1S/C12H18ClFN2/c1-8(2)4-10(15-3)6-12-11(14)5-9(13)7-16-12/h5,7-8,10,15H,4,6H2,1-3H3. The Hall–Kier alpha value is -0.670. The molecule has 0 bridgehead atoms. The first-order valence-electron chi connectivity index (χ1n) is 5.50. The molecule has 0 fully saturated rings. The fraction of sp³-hybridized carbons (Fsp3) is 0.583. The van der Waals surface area contributed by atoms with E-state index in [1.807, 2.05) is 7.05 Å². The SMILES string of the molecule is CNC(Cc1ncc(Cl)cc1F)CC(C)C. The molecule has 0 aliphatic rings. The number of nitrogens with zero attached hydrogens (tertiary/aromatic N) is 1. The minimum atomic E-state index is -0.323. The van der Waals surface area contributed by atoms with Gasteiger partial charge in [-0.25, -0.2) is 4.39 Å². The van der Waals surface area contributed by atoms with Crippen LogP contribution in [0.2, 0.25) is 5.02 Å². The van der Waals surface area contributed by atoms with Crippen LogP contribution < -0.4 is 5.32 Å². The summed E-state index contributed by atoms with van der Waals surface area (Å²) >= 11 is 5.65. The maximum absolute atomic E-state index is 13.5. The first-order chi connectivity index (χ1) is 7.52. The Balaban J connectivity index is 2.70. The van der Waals surface area contributed by atoms with Crippen molar-refractivity contribution in [1.29, 1.82) is 0 Å². The van der Waals surface area contributed by atoms with Crippen LogP contribution in [-0.4, -0.2) is 18.1 Å². The molecule has 90 valence electrons. The molecular formula is C12H18ClFN2. The van der Waals surface area contributed by atoms with Gasteiger partial charge >= 0.3 is 0 Å². The molecular weight excluding hydrogens is 227 g/mol. The molecule has 1 heterocycles. The van der Waals surface area contributed by atoms with Crippen LogP contribution in [0, 0.1) is 11.7 Å². The van der Waals surface area contributed by atoms with Gasteiger partial charge in [-0.1, -0.05) is 25.4 Å². The Morgan fingerprint density at radius 1 is 1.50 bits per heavy atom. The molecule has 0 amide bonds. The third-order valence-electron chi connectivity index (χ3n) is 2.49. The first kappa shape index (κ1) is 13.4. The topological polar surface area (TPSA) is 24.9 Å². The normalized spacial score (nSPS) is 13.1. The van der Waals surface area contributed by atoms with Gasteiger partial charge in [-0.05, 0) is 25.5 Å². The highest BCUT2D eigenvalue weighted by Crippen LogP contribution is 2.15. The fourth-order valence-corrected chi connectivity index (χ4v) is 1.84. The van der Waals surface area contributed by atoms with E-state index in [1.54, 1.807) is 0 Å². The van der Waals surface area contributed by atoms with Gasteiger partial charge < -0.3 is 5.32 Å². The zero-order valence-electron chi connectivity index (χ0n) is 9.93. The van der Waals surface area contributed by atoms with Crippen LogP contribution >= 0.6 is 11.6 Å². The van der Waals surface area contributed by atoms with Crippen LogP contribution in [0.15, 0.2) is 12.3 Å². The smallest absolute Gasteiger partial charge is 0.146 e. The number of pyridine rings is 1. The monoisotopic (exact) mass is 244 g/mol. The van der Waals surface area contributed by atoms with Gasteiger partial charge in [-0.3, -0.25) is 4.98 Å². The lowest BCUT2D eigenvalue weighted by atomic mass is 9.99. The third kappa shape index (κ3) is 4.06. The Kier molecular flexibility index (Phi) is 5.16. The van der Waals surface area contributed by atoms with Crippen molar-refractivity contribution in [2.75, 3.05) is 7.05 Å². The van der Waals surface area contributed by atoms with E-state index >= 15 is 0 Å². The van der Waals surface area contributed by atoms with Gasteiger partial charge in [0, 0.05) is 18.7 Å². The second kappa shape index (κ2) is 6.16. The highest BCUT2D eigenvalue weighted by atomic mass is 35.5. The van der Waals surface area contributed by atoms with Crippen LogP contribution in [0.25, 0.3) is 0 Å². The molecule has 2 nitrogen and oxygen atoms in total. The van der Waals surface area contributed by atoms with Crippen molar-refractivity contribution < 1.29 is 4.39 Å². The molecule has 1 rings (SSSR count). The lowest BCUT2D eigenvalue weighted by molar-refractivity contribution is 0.431. The van der Waals surface area contributed by atoms with Crippen molar-refractivity contribution in [3.63, 3.8) is 0 Å². The number of likely N-dealkylation sites (N-methyl/N-ethyl adjacent to an activating group) is 1. The van der Waals surface area contributed by atoms with Crippen molar-refractivity contribution in [2.24, 2.45) is 5.92 Å². The number of rotatable bonds is 5. The Labute approximate surface area is 101 Å². The van der Waals surface area contributed by atoms with E-state index in [2.05, 4.69) is 24.1 Å². The quantitative estimate of drug-likeness (QED) is 0.861. The molecule has 0 saturated carbocycles. The lowest BCUT2D eigenvalue weighted by Gasteiger charge is -2.18. The van der Waals surface area contributed by atoms with Crippen LogP contribution in [0.5, 0.6) is 0 Å². The average molecular weight is 245 g/mol. The average Bonchev–Trinajstić information content (AvgIpc) is 2.20. The van der Waals surface area contributed by atoms with E-state index in [1.165, 1.54) is 12.3 Å². The molecule has 1 aromatic rings. The summed E-state index contributed by atoms with van der Waals surface area (Å²) in [4.78, 5) is 4.03. The molecule has 16 heavy (non-hydrogen) atoms. The molecule has 0 aliphatic heterocycles. The van der Waals surface area contributed by atoms with Gasteiger partial charge in [0.05, 0.1) is 10.7 Å². The highest BCUT2D eigenvalue weighted by Gasteiger charge is 2.13. The second-order valence-corrected chi connectivity index (χ2v) is 4.84. The highest BCUT2D eigenvalue weighted by molar-refractivity contribution is 6.30. The van der Waals surface area contributed by atoms with E-state index < -0.39 is 0 Å². The fourth-order valence-electron chi connectivity index (χ4n) is 1.70. The Morgan fingerprint density at radius 2 is 2.19 bits per heavy atom. The van der Waals surface area contributed by atoms with E-state index in [4.69, 9.17) is 11.6 Å². The maximum atomic E-state index is 13.5. The third-order valence-corrected chi connectivity index (χ3v) is 2.69. The van der Waals surface area contributed by atoms with E-state index in [0.717, 1.165) is 6.42 Å². The predicted molar refractivity (Wildman–Crippen MR) is 65.2 cm³/mol.